The standard InChI is InChI=1S/C18H22N6OS/c1-13-12-26-18(20-13)22-17-5-3-4-15(21-17)16-11-24(6-7-25-16)10-14-8-19-23(2)9-14/h3-5,8-9,12,16H,6-7,10-11H2,1-2H3,(H,20,21,22)/t16-/m0/s1. The zero-order chi connectivity index (χ0) is 17.9. The molecule has 7 nitrogen and oxygen atoms in total. The lowest BCUT2D eigenvalue weighted by atomic mass is 10.1. The summed E-state index contributed by atoms with van der Waals surface area (Å²) in [5.74, 6) is 0.796. The van der Waals surface area contributed by atoms with Gasteiger partial charge >= 0.3 is 0 Å². The average Bonchev–Trinajstić information content (AvgIpc) is 3.23. The third kappa shape index (κ3) is 4.09. The van der Waals surface area contributed by atoms with Crippen LogP contribution in [-0.2, 0) is 18.3 Å². The Balaban J connectivity index is 1.43. The van der Waals surface area contributed by atoms with Crippen LogP contribution in [0.1, 0.15) is 23.1 Å². The summed E-state index contributed by atoms with van der Waals surface area (Å²) < 4.78 is 7.82. The van der Waals surface area contributed by atoms with Crippen LogP contribution >= 0.6 is 11.3 Å². The molecule has 1 aliphatic rings. The first-order chi connectivity index (χ1) is 12.7. The van der Waals surface area contributed by atoms with Crippen LogP contribution in [0.25, 0.3) is 0 Å². The molecule has 0 saturated carbocycles. The minimum absolute atomic E-state index is 0.0276. The molecule has 0 aromatic carbocycles. The Morgan fingerprint density at radius 3 is 3.04 bits per heavy atom. The molecule has 0 unspecified atom stereocenters. The number of anilines is 2. The number of hydrogen-bond donors (Lipinski definition) is 1. The molecule has 1 aliphatic heterocycles. The van der Waals surface area contributed by atoms with Crippen LogP contribution in [-0.4, -0.2) is 44.3 Å². The molecular weight excluding hydrogens is 348 g/mol. The van der Waals surface area contributed by atoms with Gasteiger partial charge < -0.3 is 10.1 Å². The Bertz CT molecular complexity index is 876. The van der Waals surface area contributed by atoms with Crippen LogP contribution in [0.4, 0.5) is 10.9 Å². The largest absolute Gasteiger partial charge is 0.369 e. The van der Waals surface area contributed by atoms with Crippen LogP contribution < -0.4 is 5.32 Å². The molecule has 3 aromatic heterocycles. The fraction of sp³-hybridized carbons (Fsp3) is 0.389. The highest BCUT2D eigenvalue weighted by atomic mass is 32.1. The van der Waals surface area contributed by atoms with Crippen molar-refractivity contribution < 1.29 is 4.74 Å². The van der Waals surface area contributed by atoms with E-state index in [0.29, 0.717) is 6.61 Å². The number of morpholine rings is 1. The molecule has 1 fully saturated rings. The summed E-state index contributed by atoms with van der Waals surface area (Å²) in [6, 6.07) is 5.99. The van der Waals surface area contributed by atoms with Gasteiger partial charge in [0.05, 0.1) is 24.2 Å². The van der Waals surface area contributed by atoms with Gasteiger partial charge in [0.1, 0.15) is 11.9 Å². The number of aryl methyl sites for hydroxylation is 2. The lowest BCUT2D eigenvalue weighted by molar-refractivity contribution is -0.0349. The van der Waals surface area contributed by atoms with Crippen molar-refractivity contribution in [2.45, 2.75) is 19.6 Å². The number of nitrogens with one attached hydrogen (secondary N) is 1. The van der Waals surface area contributed by atoms with Crippen LogP contribution in [0.2, 0.25) is 0 Å². The lowest BCUT2D eigenvalue weighted by Crippen LogP contribution is -2.38. The monoisotopic (exact) mass is 370 g/mol. The molecular formula is C18H22N6OS. The van der Waals surface area contributed by atoms with E-state index in [0.717, 1.165) is 42.0 Å². The van der Waals surface area contributed by atoms with E-state index in [9.17, 15) is 0 Å². The fourth-order valence-electron chi connectivity index (χ4n) is 3.06. The summed E-state index contributed by atoms with van der Waals surface area (Å²) >= 11 is 1.58. The van der Waals surface area contributed by atoms with Gasteiger partial charge in [-0.05, 0) is 19.1 Å². The highest BCUT2D eigenvalue weighted by Gasteiger charge is 2.23. The molecule has 0 radical (unpaired) electrons. The number of hydrogen-bond acceptors (Lipinski definition) is 7. The molecule has 1 atom stereocenters. The topological polar surface area (TPSA) is 68.1 Å². The molecule has 0 spiro atoms. The summed E-state index contributed by atoms with van der Waals surface area (Å²) in [7, 11) is 1.94. The Kier molecular flexibility index (Phi) is 4.96. The highest BCUT2D eigenvalue weighted by molar-refractivity contribution is 7.13. The first-order valence-electron chi connectivity index (χ1n) is 8.63. The van der Waals surface area contributed by atoms with E-state index in [4.69, 9.17) is 9.72 Å². The number of pyridine rings is 1. The molecule has 4 rings (SSSR count). The maximum absolute atomic E-state index is 5.98. The number of thiazole rings is 1. The second-order valence-corrected chi connectivity index (χ2v) is 7.34. The van der Waals surface area contributed by atoms with Crippen LogP contribution in [0.5, 0.6) is 0 Å². The molecule has 26 heavy (non-hydrogen) atoms. The first-order valence-corrected chi connectivity index (χ1v) is 9.51. The van der Waals surface area contributed by atoms with Crippen molar-refractivity contribution in [1.29, 1.82) is 0 Å². The second-order valence-electron chi connectivity index (χ2n) is 6.48. The summed E-state index contributed by atoms with van der Waals surface area (Å²) in [5, 5.41) is 10.4. The van der Waals surface area contributed by atoms with E-state index in [1.807, 2.05) is 48.4 Å². The van der Waals surface area contributed by atoms with E-state index < -0.39 is 0 Å². The number of ether oxygens (including phenoxy) is 1. The number of rotatable bonds is 5. The Labute approximate surface area is 156 Å². The maximum Gasteiger partial charge on any atom is 0.188 e. The summed E-state index contributed by atoms with van der Waals surface area (Å²) in [6.07, 6.45) is 3.95. The maximum atomic E-state index is 5.98. The molecule has 0 amide bonds. The van der Waals surface area contributed by atoms with Crippen LogP contribution in [0.15, 0.2) is 36.0 Å². The van der Waals surface area contributed by atoms with Crippen LogP contribution in [0.3, 0.4) is 0 Å². The Morgan fingerprint density at radius 1 is 1.35 bits per heavy atom. The third-order valence-corrected chi connectivity index (χ3v) is 5.15. The minimum Gasteiger partial charge on any atom is -0.369 e. The number of aromatic nitrogens is 4. The molecule has 4 heterocycles. The second kappa shape index (κ2) is 7.53. The quantitative estimate of drug-likeness (QED) is 0.745. The minimum atomic E-state index is -0.0276. The Hall–Kier alpha value is -2.29. The molecule has 1 N–H and O–H groups in total. The van der Waals surface area contributed by atoms with Gasteiger partial charge in [-0.1, -0.05) is 6.07 Å². The Morgan fingerprint density at radius 2 is 2.27 bits per heavy atom. The van der Waals surface area contributed by atoms with E-state index >= 15 is 0 Å². The predicted octanol–water partition coefficient (Wildman–Crippen LogP) is 2.90. The van der Waals surface area contributed by atoms with Gasteiger partial charge in [-0.15, -0.1) is 11.3 Å². The molecule has 0 aliphatic carbocycles. The van der Waals surface area contributed by atoms with E-state index in [1.54, 1.807) is 11.3 Å². The third-order valence-electron chi connectivity index (χ3n) is 4.27. The van der Waals surface area contributed by atoms with Crippen molar-refractivity contribution in [2.24, 2.45) is 7.05 Å². The van der Waals surface area contributed by atoms with Crippen molar-refractivity contribution in [1.82, 2.24) is 24.6 Å². The van der Waals surface area contributed by atoms with Gasteiger partial charge in [0.25, 0.3) is 0 Å². The fourth-order valence-corrected chi connectivity index (χ4v) is 3.75. The summed E-state index contributed by atoms with van der Waals surface area (Å²) in [6.45, 7) is 5.31. The number of nitrogens with zero attached hydrogens (tertiary/aromatic N) is 5. The van der Waals surface area contributed by atoms with Crippen LogP contribution in [0, 0.1) is 6.92 Å². The smallest absolute Gasteiger partial charge is 0.188 e. The SMILES string of the molecule is Cc1csc(Nc2cccc([C@@H]3CN(Cc4cnn(C)c4)CCO3)n2)n1. The van der Waals surface area contributed by atoms with Gasteiger partial charge in [0.15, 0.2) is 5.13 Å². The van der Waals surface area contributed by atoms with E-state index in [-0.39, 0.29) is 6.10 Å². The van der Waals surface area contributed by atoms with Gasteiger partial charge in [-0.2, -0.15) is 5.10 Å². The highest BCUT2D eigenvalue weighted by Crippen LogP contribution is 2.25. The molecule has 8 heteroatoms. The summed E-state index contributed by atoms with van der Waals surface area (Å²) in [5.41, 5.74) is 3.17. The molecule has 3 aromatic rings. The lowest BCUT2D eigenvalue weighted by Gasteiger charge is -2.32. The zero-order valence-electron chi connectivity index (χ0n) is 14.9. The van der Waals surface area contributed by atoms with E-state index in [1.165, 1.54) is 5.56 Å². The molecule has 136 valence electrons. The van der Waals surface area contributed by atoms with Crippen molar-refractivity contribution in [3.63, 3.8) is 0 Å². The van der Waals surface area contributed by atoms with Gasteiger partial charge in [0.2, 0.25) is 0 Å². The van der Waals surface area contributed by atoms with Crippen molar-refractivity contribution in [3.8, 4) is 0 Å². The van der Waals surface area contributed by atoms with Gasteiger partial charge in [0, 0.05) is 43.8 Å². The van der Waals surface area contributed by atoms with Gasteiger partial charge in [-0.3, -0.25) is 9.58 Å². The average molecular weight is 370 g/mol. The van der Waals surface area contributed by atoms with Crippen molar-refractivity contribution >= 4 is 22.3 Å². The van der Waals surface area contributed by atoms with Gasteiger partial charge in [-0.25, -0.2) is 9.97 Å². The first kappa shape index (κ1) is 17.1. The predicted molar refractivity (Wildman–Crippen MR) is 102 cm³/mol. The molecule has 0 bridgehead atoms. The normalized spacial score (nSPS) is 18.2. The zero-order valence-corrected chi connectivity index (χ0v) is 15.7. The van der Waals surface area contributed by atoms with Crippen molar-refractivity contribution in [2.75, 3.05) is 25.0 Å². The molecule has 1 saturated heterocycles. The van der Waals surface area contributed by atoms with E-state index in [2.05, 4.69) is 26.5 Å². The summed E-state index contributed by atoms with van der Waals surface area (Å²) in [4.78, 5) is 11.5. The van der Waals surface area contributed by atoms with Crippen molar-refractivity contribution in [3.05, 3.63) is 52.9 Å².